The molecular weight excluding hydrogens is 371 g/mol. The largest absolute Gasteiger partial charge is 0.488 e. The number of hydrogen-bond donors (Lipinski definition) is 0. The number of thioether (sulfide) groups is 2. The van der Waals surface area contributed by atoms with Gasteiger partial charge in [0.1, 0.15) is 18.2 Å². The van der Waals surface area contributed by atoms with Crippen LogP contribution in [0, 0.1) is 5.82 Å². The molecule has 1 aliphatic rings. The molecule has 0 spiro atoms. The van der Waals surface area contributed by atoms with Crippen molar-refractivity contribution >= 4 is 39.5 Å². The maximum absolute atomic E-state index is 13.8. The number of ether oxygens (including phenoxy) is 1. The second kappa shape index (κ2) is 7.07. The minimum atomic E-state index is -0.283. The molecule has 0 radical (unpaired) electrons. The predicted molar refractivity (Wildman–Crippen MR) is 92.5 cm³/mol. The van der Waals surface area contributed by atoms with Crippen molar-refractivity contribution in [2.45, 2.75) is 11.2 Å². The average molecular weight is 385 g/mol. The second-order valence-corrected chi connectivity index (χ2v) is 8.23. The lowest BCUT2D eigenvalue weighted by Gasteiger charge is -2.16. The van der Waals surface area contributed by atoms with Crippen molar-refractivity contribution in [3.63, 3.8) is 0 Å². The SMILES string of the molecule is Fc1cc(OCc2ccccc2)c(C2SCCS2)cc1Br. The molecule has 2 aromatic carbocycles. The summed E-state index contributed by atoms with van der Waals surface area (Å²) in [5, 5.41) is 0. The monoisotopic (exact) mass is 384 g/mol. The van der Waals surface area contributed by atoms with Crippen LogP contribution in [0.1, 0.15) is 15.7 Å². The Morgan fingerprint density at radius 2 is 1.86 bits per heavy atom. The topological polar surface area (TPSA) is 9.23 Å². The fourth-order valence-electron chi connectivity index (χ4n) is 2.13. The van der Waals surface area contributed by atoms with Gasteiger partial charge in [0.25, 0.3) is 0 Å². The van der Waals surface area contributed by atoms with E-state index in [4.69, 9.17) is 4.74 Å². The molecule has 21 heavy (non-hydrogen) atoms. The zero-order chi connectivity index (χ0) is 14.7. The minimum absolute atomic E-state index is 0.283. The molecule has 0 aliphatic carbocycles. The molecule has 0 bridgehead atoms. The van der Waals surface area contributed by atoms with E-state index in [-0.39, 0.29) is 5.82 Å². The van der Waals surface area contributed by atoms with Gasteiger partial charge in [0, 0.05) is 23.1 Å². The summed E-state index contributed by atoms with van der Waals surface area (Å²) in [5.41, 5.74) is 2.14. The Balaban J connectivity index is 1.83. The first-order chi connectivity index (χ1) is 10.2. The lowest BCUT2D eigenvalue weighted by molar-refractivity contribution is 0.302. The van der Waals surface area contributed by atoms with Crippen LogP contribution < -0.4 is 4.74 Å². The Morgan fingerprint density at radius 1 is 1.14 bits per heavy atom. The zero-order valence-electron chi connectivity index (χ0n) is 11.2. The molecule has 1 heterocycles. The standard InChI is InChI=1S/C16H14BrFOS2/c17-13-8-12(16-20-6-7-21-16)15(9-14(13)18)19-10-11-4-2-1-3-5-11/h1-5,8-9,16H,6-7,10H2. The minimum Gasteiger partial charge on any atom is -0.488 e. The van der Waals surface area contributed by atoms with Gasteiger partial charge in [-0.25, -0.2) is 4.39 Å². The first kappa shape index (κ1) is 15.3. The highest BCUT2D eigenvalue weighted by Crippen LogP contribution is 2.49. The highest BCUT2D eigenvalue weighted by atomic mass is 79.9. The molecule has 1 fully saturated rings. The summed E-state index contributed by atoms with van der Waals surface area (Å²) < 4.78 is 20.5. The molecule has 5 heteroatoms. The lowest BCUT2D eigenvalue weighted by Crippen LogP contribution is -2.00. The number of rotatable bonds is 4. The van der Waals surface area contributed by atoms with Crippen molar-refractivity contribution in [3.05, 3.63) is 63.9 Å². The van der Waals surface area contributed by atoms with E-state index in [9.17, 15) is 4.39 Å². The maximum Gasteiger partial charge on any atom is 0.141 e. The Bertz CT molecular complexity index is 615. The van der Waals surface area contributed by atoms with Crippen LogP contribution in [0.3, 0.4) is 0 Å². The van der Waals surface area contributed by atoms with E-state index in [0.717, 1.165) is 22.6 Å². The first-order valence-corrected chi connectivity index (χ1v) is 9.52. The smallest absolute Gasteiger partial charge is 0.141 e. The molecule has 0 amide bonds. The molecule has 1 saturated heterocycles. The lowest BCUT2D eigenvalue weighted by atomic mass is 10.2. The fraction of sp³-hybridized carbons (Fsp3) is 0.250. The highest BCUT2D eigenvalue weighted by molar-refractivity contribution is 9.10. The average Bonchev–Trinajstić information content (AvgIpc) is 3.03. The third-order valence-corrected chi connectivity index (χ3v) is 6.84. The molecule has 0 atom stereocenters. The van der Waals surface area contributed by atoms with Crippen LogP contribution in [0.15, 0.2) is 46.9 Å². The summed E-state index contributed by atoms with van der Waals surface area (Å²) in [5.74, 6) is 2.62. The summed E-state index contributed by atoms with van der Waals surface area (Å²) in [6, 6.07) is 13.3. The first-order valence-electron chi connectivity index (χ1n) is 6.63. The molecule has 3 rings (SSSR count). The van der Waals surface area contributed by atoms with Crippen LogP contribution in [-0.2, 0) is 6.61 Å². The van der Waals surface area contributed by atoms with E-state index in [1.807, 2.05) is 59.9 Å². The van der Waals surface area contributed by atoms with E-state index >= 15 is 0 Å². The van der Waals surface area contributed by atoms with Crippen molar-refractivity contribution in [1.82, 2.24) is 0 Å². The molecule has 0 N–H and O–H groups in total. The van der Waals surface area contributed by atoms with Crippen molar-refractivity contribution < 1.29 is 9.13 Å². The van der Waals surface area contributed by atoms with Crippen LogP contribution in [0.5, 0.6) is 5.75 Å². The van der Waals surface area contributed by atoms with E-state index < -0.39 is 0 Å². The maximum atomic E-state index is 13.8. The second-order valence-electron chi connectivity index (χ2n) is 4.65. The van der Waals surface area contributed by atoms with Gasteiger partial charge in [0.05, 0.1) is 9.05 Å². The summed E-state index contributed by atoms with van der Waals surface area (Å²) in [4.78, 5) is 0. The van der Waals surface area contributed by atoms with Gasteiger partial charge in [-0.15, -0.1) is 23.5 Å². The Morgan fingerprint density at radius 3 is 2.57 bits per heavy atom. The van der Waals surface area contributed by atoms with Crippen LogP contribution >= 0.6 is 39.5 Å². The third-order valence-electron chi connectivity index (χ3n) is 3.17. The van der Waals surface area contributed by atoms with Crippen molar-refractivity contribution in [1.29, 1.82) is 0 Å². The van der Waals surface area contributed by atoms with E-state index in [2.05, 4.69) is 15.9 Å². The molecule has 0 unspecified atom stereocenters. The van der Waals surface area contributed by atoms with Crippen molar-refractivity contribution in [3.8, 4) is 5.75 Å². The van der Waals surface area contributed by atoms with Gasteiger partial charge in [-0.1, -0.05) is 30.3 Å². The van der Waals surface area contributed by atoms with Gasteiger partial charge >= 0.3 is 0 Å². The summed E-state index contributed by atoms with van der Waals surface area (Å²) in [7, 11) is 0. The molecule has 0 aromatic heterocycles. The van der Waals surface area contributed by atoms with E-state index in [1.54, 1.807) is 0 Å². The summed E-state index contributed by atoms with van der Waals surface area (Å²) >= 11 is 7.05. The van der Waals surface area contributed by atoms with Crippen molar-refractivity contribution in [2.75, 3.05) is 11.5 Å². The number of halogens is 2. The quantitative estimate of drug-likeness (QED) is 0.674. The molecule has 110 valence electrons. The van der Waals surface area contributed by atoms with Gasteiger partial charge in [-0.2, -0.15) is 0 Å². The van der Waals surface area contributed by atoms with Gasteiger partial charge in [-0.05, 0) is 27.6 Å². The normalized spacial score (nSPS) is 15.3. The van der Waals surface area contributed by atoms with Gasteiger partial charge in [-0.3, -0.25) is 0 Å². The van der Waals surface area contributed by atoms with E-state index in [1.165, 1.54) is 6.07 Å². The Hall–Kier alpha value is -0.650. The summed E-state index contributed by atoms with van der Waals surface area (Å²) in [6.45, 7) is 0.455. The number of benzene rings is 2. The molecule has 2 aromatic rings. The Labute approximate surface area is 140 Å². The molecule has 1 aliphatic heterocycles. The van der Waals surface area contributed by atoms with Gasteiger partial charge in [0.2, 0.25) is 0 Å². The van der Waals surface area contributed by atoms with Gasteiger partial charge < -0.3 is 4.74 Å². The van der Waals surface area contributed by atoms with Crippen molar-refractivity contribution in [2.24, 2.45) is 0 Å². The predicted octanol–water partition coefficient (Wildman–Crippen LogP) is 5.65. The Kier molecular flexibility index (Phi) is 5.14. The fourth-order valence-corrected chi connectivity index (χ4v) is 5.38. The van der Waals surface area contributed by atoms with E-state index in [0.29, 0.717) is 21.4 Å². The van der Waals surface area contributed by atoms with Crippen LogP contribution in [0.2, 0.25) is 0 Å². The molecule has 1 nitrogen and oxygen atoms in total. The zero-order valence-corrected chi connectivity index (χ0v) is 14.4. The molecular formula is C16H14BrFOS2. The molecule has 0 saturated carbocycles. The third kappa shape index (κ3) is 3.76. The number of hydrogen-bond acceptors (Lipinski definition) is 3. The van der Waals surface area contributed by atoms with Crippen LogP contribution in [-0.4, -0.2) is 11.5 Å². The van der Waals surface area contributed by atoms with Crippen LogP contribution in [0.25, 0.3) is 0 Å². The van der Waals surface area contributed by atoms with Gasteiger partial charge in [0.15, 0.2) is 0 Å². The van der Waals surface area contributed by atoms with Crippen LogP contribution in [0.4, 0.5) is 4.39 Å². The summed E-state index contributed by atoms with van der Waals surface area (Å²) in [6.07, 6.45) is 0. The highest BCUT2D eigenvalue weighted by Gasteiger charge is 2.23.